The van der Waals surface area contributed by atoms with Crippen LogP contribution in [-0.4, -0.2) is 17.6 Å². The quantitative estimate of drug-likeness (QED) is 0.806. The van der Waals surface area contributed by atoms with Crippen molar-refractivity contribution in [3.8, 4) is 0 Å². The van der Waals surface area contributed by atoms with E-state index < -0.39 is 11.4 Å². The molecule has 0 atom stereocenters. The molecule has 0 aliphatic carbocycles. The van der Waals surface area contributed by atoms with Crippen LogP contribution in [0.1, 0.15) is 37.8 Å². The first-order valence-corrected chi connectivity index (χ1v) is 7.12. The minimum Gasteiger partial charge on any atom is -0.481 e. The SMILES string of the molecule is CCC(CC)(CNCc1c(F)cc(C)cc1Cl)C(=O)O. The first kappa shape index (κ1) is 16.9. The van der Waals surface area contributed by atoms with Gasteiger partial charge < -0.3 is 10.4 Å². The Morgan fingerprint density at radius 2 is 2.00 bits per heavy atom. The van der Waals surface area contributed by atoms with Gasteiger partial charge in [-0.1, -0.05) is 25.4 Å². The number of carbonyl (C=O) groups is 1. The molecule has 112 valence electrons. The predicted molar refractivity (Wildman–Crippen MR) is 78.5 cm³/mol. The third kappa shape index (κ3) is 3.70. The second-order valence-electron chi connectivity index (χ2n) is 5.10. The van der Waals surface area contributed by atoms with Crippen molar-refractivity contribution < 1.29 is 14.3 Å². The lowest BCUT2D eigenvalue weighted by molar-refractivity contribution is -0.149. The van der Waals surface area contributed by atoms with E-state index in [1.807, 2.05) is 13.8 Å². The van der Waals surface area contributed by atoms with E-state index in [0.29, 0.717) is 30.0 Å². The highest BCUT2D eigenvalue weighted by Crippen LogP contribution is 2.26. The first-order chi connectivity index (χ1) is 9.36. The zero-order valence-electron chi connectivity index (χ0n) is 12.1. The zero-order chi connectivity index (χ0) is 15.3. The molecule has 2 N–H and O–H groups in total. The predicted octanol–water partition coefficient (Wildman–Crippen LogP) is 3.77. The smallest absolute Gasteiger partial charge is 0.310 e. The molecule has 20 heavy (non-hydrogen) atoms. The molecule has 0 spiro atoms. The molecule has 0 saturated heterocycles. The molecule has 3 nitrogen and oxygen atoms in total. The summed E-state index contributed by atoms with van der Waals surface area (Å²) in [6.45, 7) is 5.98. The molecule has 0 aliphatic heterocycles. The fourth-order valence-corrected chi connectivity index (χ4v) is 2.53. The van der Waals surface area contributed by atoms with Crippen molar-refractivity contribution in [1.82, 2.24) is 5.32 Å². The molecular formula is C15H21ClFNO2. The van der Waals surface area contributed by atoms with Crippen molar-refractivity contribution in [3.05, 3.63) is 34.1 Å². The van der Waals surface area contributed by atoms with E-state index in [4.69, 9.17) is 11.6 Å². The molecule has 0 aromatic heterocycles. The lowest BCUT2D eigenvalue weighted by Crippen LogP contribution is -2.40. The van der Waals surface area contributed by atoms with E-state index in [2.05, 4.69) is 5.32 Å². The van der Waals surface area contributed by atoms with Gasteiger partial charge in [0.05, 0.1) is 5.41 Å². The Morgan fingerprint density at radius 1 is 1.40 bits per heavy atom. The summed E-state index contributed by atoms with van der Waals surface area (Å²) in [4.78, 5) is 11.4. The normalized spacial score (nSPS) is 11.7. The van der Waals surface area contributed by atoms with Crippen LogP contribution in [-0.2, 0) is 11.3 Å². The highest BCUT2D eigenvalue weighted by Gasteiger charge is 2.34. The van der Waals surface area contributed by atoms with Crippen molar-refractivity contribution in [1.29, 1.82) is 0 Å². The number of halogens is 2. The second kappa shape index (κ2) is 7.04. The fourth-order valence-electron chi connectivity index (χ4n) is 2.20. The molecule has 0 unspecified atom stereocenters. The van der Waals surface area contributed by atoms with Crippen LogP contribution >= 0.6 is 11.6 Å². The van der Waals surface area contributed by atoms with Gasteiger partial charge in [0.2, 0.25) is 0 Å². The van der Waals surface area contributed by atoms with Gasteiger partial charge in [-0.15, -0.1) is 0 Å². The van der Waals surface area contributed by atoms with Crippen LogP contribution in [0, 0.1) is 18.2 Å². The number of aryl methyl sites for hydroxylation is 1. The second-order valence-corrected chi connectivity index (χ2v) is 5.51. The summed E-state index contributed by atoms with van der Waals surface area (Å²) in [5.41, 5.74) is 0.329. The zero-order valence-corrected chi connectivity index (χ0v) is 12.9. The highest BCUT2D eigenvalue weighted by molar-refractivity contribution is 6.31. The van der Waals surface area contributed by atoms with E-state index in [0.717, 1.165) is 5.56 Å². The molecule has 0 radical (unpaired) electrons. The Bertz CT molecular complexity index is 464. The summed E-state index contributed by atoms with van der Waals surface area (Å²) in [5, 5.41) is 12.7. The molecule has 1 rings (SSSR count). The molecule has 0 amide bonds. The first-order valence-electron chi connectivity index (χ1n) is 6.75. The monoisotopic (exact) mass is 301 g/mol. The largest absolute Gasteiger partial charge is 0.481 e. The van der Waals surface area contributed by atoms with E-state index in [9.17, 15) is 14.3 Å². The van der Waals surface area contributed by atoms with Gasteiger partial charge >= 0.3 is 5.97 Å². The van der Waals surface area contributed by atoms with Gasteiger partial charge in [-0.25, -0.2) is 4.39 Å². The van der Waals surface area contributed by atoms with E-state index in [1.165, 1.54) is 6.07 Å². The van der Waals surface area contributed by atoms with E-state index >= 15 is 0 Å². The summed E-state index contributed by atoms with van der Waals surface area (Å²) >= 11 is 6.02. The molecule has 5 heteroatoms. The fraction of sp³-hybridized carbons (Fsp3) is 0.533. The Kier molecular flexibility index (Phi) is 5.96. The Balaban J connectivity index is 2.76. The average molecular weight is 302 g/mol. The number of benzene rings is 1. The van der Waals surface area contributed by atoms with Crippen LogP contribution in [0.3, 0.4) is 0 Å². The van der Waals surface area contributed by atoms with Crippen molar-refractivity contribution in [2.75, 3.05) is 6.54 Å². The summed E-state index contributed by atoms with van der Waals surface area (Å²) < 4.78 is 13.8. The standard InChI is InChI=1S/C15H21ClFNO2/c1-4-15(5-2,14(19)20)9-18-8-11-12(16)6-10(3)7-13(11)17/h6-7,18H,4-5,8-9H2,1-3H3,(H,19,20). The Labute approximate surface area is 124 Å². The van der Waals surface area contributed by atoms with Gasteiger partial charge in [0, 0.05) is 23.7 Å². The Hall–Kier alpha value is -1.13. The van der Waals surface area contributed by atoms with Crippen molar-refractivity contribution in [3.63, 3.8) is 0 Å². The van der Waals surface area contributed by atoms with Gasteiger partial charge in [0.25, 0.3) is 0 Å². The molecule has 0 bridgehead atoms. The van der Waals surface area contributed by atoms with Crippen LogP contribution < -0.4 is 5.32 Å². The molecule has 1 aromatic carbocycles. The maximum absolute atomic E-state index is 13.8. The third-order valence-corrected chi connectivity index (χ3v) is 4.19. The van der Waals surface area contributed by atoms with Crippen LogP contribution in [0.25, 0.3) is 0 Å². The van der Waals surface area contributed by atoms with Crippen LogP contribution in [0.4, 0.5) is 4.39 Å². The minimum absolute atomic E-state index is 0.222. The number of hydrogen-bond donors (Lipinski definition) is 2. The van der Waals surface area contributed by atoms with Crippen LogP contribution in [0.2, 0.25) is 5.02 Å². The minimum atomic E-state index is -0.828. The number of rotatable bonds is 7. The third-order valence-electron chi connectivity index (χ3n) is 3.86. The molecular weight excluding hydrogens is 281 g/mol. The van der Waals surface area contributed by atoms with Crippen LogP contribution in [0.15, 0.2) is 12.1 Å². The van der Waals surface area contributed by atoms with Crippen molar-refractivity contribution in [2.45, 2.75) is 40.2 Å². The number of carboxylic acid groups (broad SMARTS) is 1. The molecule has 0 aliphatic rings. The average Bonchev–Trinajstić information content (AvgIpc) is 2.37. The number of carboxylic acids is 1. The topological polar surface area (TPSA) is 49.3 Å². The summed E-state index contributed by atoms with van der Waals surface area (Å²) in [6, 6.07) is 3.12. The van der Waals surface area contributed by atoms with Crippen LogP contribution in [0.5, 0.6) is 0 Å². The maximum atomic E-state index is 13.8. The summed E-state index contributed by atoms with van der Waals surface area (Å²) in [6.07, 6.45) is 1.05. The van der Waals surface area contributed by atoms with Gasteiger partial charge in [0.1, 0.15) is 5.82 Å². The molecule has 0 heterocycles. The van der Waals surface area contributed by atoms with Gasteiger partial charge in [0.15, 0.2) is 0 Å². The maximum Gasteiger partial charge on any atom is 0.310 e. The lowest BCUT2D eigenvalue weighted by Gasteiger charge is -2.27. The number of nitrogens with one attached hydrogen (secondary N) is 1. The van der Waals surface area contributed by atoms with Crippen molar-refractivity contribution >= 4 is 17.6 Å². The Morgan fingerprint density at radius 3 is 2.45 bits per heavy atom. The van der Waals surface area contributed by atoms with Crippen molar-refractivity contribution in [2.24, 2.45) is 5.41 Å². The van der Waals surface area contributed by atoms with E-state index in [-0.39, 0.29) is 12.4 Å². The lowest BCUT2D eigenvalue weighted by atomic mass is 9.82. The van der Waals surface area contributed by atoms with E-state index in [1.54, 1.807) is 13.0 Å². The molecule has 0 saturated carbocycles. The van der Waals surface area contributed by atoms with Gasteiger partial charge in [-0.05, 0) is 37.5 Å². The summed E-state index contributed by atoms with van der Waals surface area (Å²) in [7, 11) is 0. The summed E-state index contributed by atoms with van der Waals surface area (Å²) in [5.74, 6) is -1.19. The number of hydrogen-bond acceptors (Lipinski definition) is 2. The van der Waals surface area contributed by atoms with Gasteiger partial charge in [-0.2, -0.15) is 0 Å². The molecule has 0 fully saturated rings. The molecule has 1 aromatic rings. The number of aliphatic carboxylic acids is 1. The highest BCUT2D eigenvalue weighted by atomic mass is 35.5. The van der Waals surface area contributed by atoms with Gasteiger partial charge in [-0.3, -0.25) is 4.79 Å².